The maximum absolute atomic E-state index is 5.59. The van der Waals surface area contributed by atoms with Crippen molar-refractivity contribution in [3.63, 3.8) is 0 Å². The van der Waals surface area contributed by atoms with E-state index in [9.17, 15) is 0 Å². The number of ether oxygens (including phenoxy) is 1. The molecule has 0 radical (unpaired) electrons. The maximum atomic E-state index is 5.59. The van der Waals surface area contributed by atoms with E-state index in [4.69, 9.17) is 9.26 Å². The van der Waals surface area contributed by atoms with Crippen LogP contribution in [0.5, 0.6) is 0 Å². The molecule has 2 heterocycles. The average Bonchev–Trinajstić information content (AvgIpc) is 3.44. The minimum absolute atomic E-state index is 0.489. The van der Waals surface area contributed by atoms with Gasteiger partial charge in [-0.25, -0.2) is 0 Å². The first-order chi connectivity index (χ1) is 14.7. The first-order valence-corrected chi connectivity index (χ1v) is 9.91. The number of aryl methyl sites for hydroxylation is 1. The van der Waals surface area contributed by atoms with E-state index in [0.29, 0.717) is 18.3 Å². The molecule has 148 valence electrons. The van der Waals surface area contributed by atoms with Crippen LogP contribution in [0.15, 0.2) is 70.2 Å². The predicted molar refractivity (Wildman–Crippen MR) is 118 cm³/mol. The van der Waals surface area contributed by atoms with Crippen molar-refractivity contribution in [1.82, 2.24) is 10.1 Å². The van der Waals surface area contributed by atoms with Gasteiger partial charge in [0.25, 0.3) is 5.89 Å². The third-order valence-corrected chi connectivity index (χ3v) is 5.40. The standard InChI is InChI=1S/C25H21N3O2/c1-16-5-3-4-6-21(16)22-10-9-19(13-20(22)15-29-2)25-27-24(28-30-25)18-8-7-17-11-12-26-23(17)14-18/h3-10,12-14H,11,15H2,1-2H3. The lowest BCUT2D eigenvalue weighted by atomic mass is 9.94. The van der Waals surface area contributed by atoms with Gasteiger partial charge >= 0.3 is 0 Å². The van der Waals surface area contributed by atoms with Gasteiger partial charge in [-0.05, 0) is 52.9 Å². The summed E-state index contributed by atoms with van der Waals surface area (Å²) in [5.41, 5.74) is 8.62. The molecule has 1 aliphatic heterocycles. The largest absolute Gasteiger partial charge is 0.380 e. The van der Waals surface area contributed by atoms with Crippen LogP contribution >= 0.6 is 0 Å². The number of rotatable bonds is 5. The smallest absolute Gasteiger partial charge is 0.258 e. The maximum Gasteiger partial charge on any atom is 0.258 e. The number of methoxy groups -OCH3 is 1. The number of aromatic nitrogens is 2. The Labute approximate surface area is 175 Å². The zero-order chi connectivity index (χ0) is 20.5. The van der Waals surface area contributed by atoms with Crippen molar-refractivity contribution < 1.29 is 9.26 Å². The Bertz CT molecular complexity index is 1260. The highest BCUT2D eigenvalue weighted by atomic mass is 16.5. The van der Waals surface area contributed by atoms with Crippen molar-refractivity contribution >= 4 is 11.9 Å². The van der Waals surface area contributed by atoms with E-state index >= 15 is 0 Å². The molecule has 0 saturated carbocycles. The average molecular weight is 395 g/mol. The Morgan fingerprint density at radius 2 is 1.83 bits per heavy atom. The molecule has 0 fully saturated rings. The van der Waals surface area contributed by atoms with Crippen LogP contribution in [0, 0.1) is 6.92 Å². The molecule has 0 amide bonds. The zero-order valence-corrected chi connectivity index (χ0v) is 16.9. The van der Waals surface area contributed by atoms with Gasteiger partial charge in [-0.15, -0.1) is 0 Å². The molecule has 0 bridgehead atoms. The highest BCUT2D eigenvalue weighted by Gasteiger charge is 2.16. The Kier molecular flexibility index (Phi) is 4.73. The minimum atomic E-state index is 0.489. The molecule has 0 N–H and O–H groups in total. The number of hydrogen-bond donors (Lipinski definition) is 0. The van der Waals surface area contributed by atoms with E-state index in [0.717, 1.165) is 34.4 Å². The van der Waals surface area contributed by atoms with Crippen LogP contribution in [0.25, 0.3) is 34.0 Å². The molecule has 5 nitrogen and oxygen atoms in total. The fourth-order valence-electron chi connectivity index (χ4n) is 3.84. The summed E-state index contributed by atoms with van der Waals surface area (Å²) in [6.07, 6.45) is 2.80. The molecule has 3 aromatic carbocycles. The monoisotopic (exact) mass is 395 g/mol. The first-order valence-electron chi connectivity index (χ1n) is 9.91. The number of hydrogen-bond acceptors (Lipinski definition) is 5. The summed E-state index contributed by atoms with van der Waals surface area (Å²) in [5.74, 6) is 1.05. The molecule has 0 atom stereocenters. The Hall–Kier alpha value is -3.57. The Morgan fingerprint density at radius 3 is 2.70 bits per heavy atom. The second-order valence-corrected chi connectivity index (χ2v) is 7.40. The molecule has 5 heteroatoms. The first kappa shape index (κ1) is 18.5. The van der Waals surface area contributed by atoms with Gasteiger partial charge in [0.05, 0.1) is 12.3 Å². The topological polar surface area (TPSA) is 60.5 Å². The third-order valence-electron chi connectivity index (χ3n) is 5.40. The van der Waals surface area contributed by atoms with Crippen LogP contribution in [0.2, 0.25) is 0 Å². The summed E-state index contributed by atoms with van der Waals surface area (Å²) in [4.78, 5) is 9.03. The molecule has 5 rings (SSSR count). The summed E-state index contributed by atoms with van der Waals surface area (Å²) in [6.45, 7) is 2.62. The summed E-state index contributed by atoms with van der Waals surface area (Å²) in [5, 5.41) is 4.19. The van der Waals surface area contributed by atoms with Crippen LogP contribution in [0.4, 0.5) is 5.69 Å². The molecule has 0 unspecified atom stereocenters. The number of benzene rings is 3. The highest BCUT2D eigenvalue weighted by Crippen LogP contribution is 2.33. The van der Waals surface area contributed by atoms with Crippen LogP contribution in [0.1, 0.15) is 16.7 Å². The summed E-state index contributed by atoms with van der Waals surface area (Å²) >= 11 is 0. The second kappa shape index (κ2) is 7.69. The van der Waals surface area contributed by atoms with E-state index in [1.165, 1.54) is 16.7 Å². The molecule has 1 aliphatic rings. The van der Waals surface area contributed by atoms with Crippen molar-refractivity contribution in [2.24, 2.45) is 4.99 Å². The van der Waals surface area contributed by atoms with Gasteiger partial charge < -0.3 is 9.26 Å². The van der Waals surface area contributed by atoms with Gasteiger partial charge in [-0.2, -0.15) is 4.98 Å². The fourth-order valence-corrected chi connectivity index (χ4v) is 3.84. The third kappa shape index (κ3) is 3.33. The van der Waals surface area contributed by atoms with Gasteiger partial charge in [0.1, 0.15) is 0 Å². The predicted octanol–water partition coefficient (Wildman–Crippen LogP) is 5.78. The van der Waals surface area contributed by atoms with Gasteiger partial charge in [0.15, 0.2) is 0 Å². The number of aliphatic imine (C=N–C) groups is 1. The van der Waals surface area contributed by atoms with Crippen LogP contribution < -0.4 is 0 Å². The minimum Gasteiger partial charge on any atom is -0.380 e. The van der Waals surface area contributed by atoms with Crippen LogP contribution in [-0.2, 0) is 17.8 Å². The van der Waals surface area contributed by atoms with E-state index in [2.05, 4.69) is 58.5 Å². The van der Waals surface area contributed by atoms with E-state index in [-0.39, 0.29) is 0 Å². The van der Waals surface area contributed by atoms with Crippen molar-refractivity contribution in [2.75, 3.05) is 7.11 Å². The number of nitrogens with zero attached hydrogens (tertiary/aromatic N) is 3. The van der Waals surface area contributed by atoms with Crippen LogP contribution in [-0.4, -0.2) is 23.5 Å². The lowest BCUT2D eigenvalue weighted by Gasteiger charge is -2.12. The van der Waals surface area contributed by atoms with Crippen molar-refractivity contribution in [3.8, 4) is 34.0 Å². The van der Waals surface area contributed by atoms with Crippen LogP contribution in [0.3, 0.4) is 0 Å². The molecule has 4 aromatic rings. The summed E-state index contributed by atoms with van der Waals surface area (Å²) < 4.78 is 11.0. The van der Waals surface area contributed by atoms with Crippen molar-refractivity contribution in [3.05, 3.63) is 77.4 Å². The molecule has 0 spiro atoms. The SMILES string of the molecule is COCc1cc(-c2nc(-c3ccc4c(c3)N=CC4)no2)ccc1-c1ccccc1C. The zero-order valence-electron chi connectivity index (χ0n) is 16.9. The Morgan fingerprint density at radius 1 is 0.967 bits per heavy atom. The molecular formula is C25H21N3O2. The van der Waals surface area contributed by atoms with Gasteiger partial charge in [-0.1, -0.05) is 47.6 Å². The van der Waals surface area contributed by atoms with E-state index < -0.39 is 0 Å². The molecular weight excluding hydrogens is 374 g/mol. The van der Waals surface area contributed by atoms with Crippen molar-refractivity contribution in [2.45, 2.75) is 20.0 Å². The van der Waals surface area contributed by atoms with E-state index in [1.807, 2.05) is 30.5 Å². The van der Waals surface area contributed by atoms with E-state index in [1.54, 1.807) is 7.11 Å². The normalized spacial score (nSPS) is 12.3. The fraction of sp³-hybridized carbons (Fsp3) is 0.160. The summed E-state index contributed by atoms with van der Waals surface area (Å²) in [6, 6.07) is 20.6. The number of fused-ring (bicyclic) bond motifs is 1. The molecule has 1 aromatic heterocycles. The second-order valence-electron chi connectivity index (χ2n) is 7.40. The van der Waals surface area contributed by atoms with Crippen molar-refractivity contribution in [1.29, 1.82) is 0 Å². The lowest BCUT2D eigenvalue weighted by molar-refractivity contribution is 0.185. The van der Waals surface area contributed by atoms with Gasteiger partial charge in [-0.3, -0.25) is 4.99 Å². The lowest BCUT2D eigenvalue weighted by Crippen LogP contribution is -1.95. The highest BCUT2D eigenvalue weighted by molar-refractivity contribution is 5.79. The Balaban J connectivity index is 1.51. The molecule has 0 aliphatic carbocycles. The van der Waals surface area contributed by atoms with Gasteiger partial charge in [0.2, 0.25) is 5.82 Å². The molecule has 30 heavy (non-hydrogen) atoms. The summed E-state index contributed by atoms with van der Waals surface area (Å²) in [7, 11) is 1.70. The quantitative estimate of drug-likeness (QED) is 0.429. The molecule has 0 saturated heterocycles. The van der Waals surface area contributed by atoms with Gasteiger partial charge in [0, 0.05) is 30.9 Å².